The first-order valence-corrected chi connectivity index (χ1v) is 5.93. The van der Waals surface area contributed by atoms with Crippen LogP contribution in [0.4, 0.5) is 0 Å². The maximum Gasteiger partial charge on any atom is 0.320 e. The Labute approximate surface area is 95.6 Å². The van der Waals surface area contributed by atoms with Crippen LogP contribution in [0.1, 0.15) is 38.5 Å². The number of carbonyl (C=O) groups excluding carboxylic acids is 1. The number of carboxylic acids is 1. The Balaban J connectivity index is 0.000000160. The minimum Gasteiger partial charge on any atom is -0.480 e. The highest BCUT2D eigenvalue weighted by molar-refractivity contribution is 5.75. The number of hydrogen-bond acceptors (Lipinski definition) is 3. The zero-order chi connectivity index (χ0) is 11.8. The van der Waals surface area contributed by atoms with Crippen molar-refractivity contribution in [3.05, 3.63) is 0 Å². The van der Waals surface area contributed by atoms with Gasteiger partial charge in [0.25, 0.3) is 0 Å². The predicted molar refractivity (Wildman–Crippen MR) is 60.1 cm³/mol. The molecule has 3 N–H and O–H groups in total. The molecule has 0 aromatic rings. The molecule has 0 aliphatic carbocycles. The van der Waals surface area contributed by atoms with Gasteiger partial charge in [0.15, 0.2) is 0 Å². The van der Waals surface area contributed by atoms with Crippen molar-refractivity contribution in [2.45, 2.75) is 44.6 Å². The monoisotopic (exact) mass is 228 g/mol. The van der Waals surface area contributed by atoms with E-state index in [1.54, 1.807) is 0 Å². The van der Waals surface area contributed by atoms with Gasteiger partial charge in [-0.15, -0.1) is 0 Å². The first-order valence-electron chi connectivity index (χ1n) is 5.93. The summed E-state index contributed by atoms with van der Waals surface area (Å²) in [5.41, 5.74) is 0. The second kappa shape index (κ2) is 7.22. The normalized spacial score (nSPS) is 25.0. The van der Waals surface area contributed by atoms with E-state index in [1.807, 2.05) is 0 Å². The van der Waals surface area contributed by atoms with E-state index in [1.165, 1.54) is 6.42 Å². The van der Waals surface area contributed by atoms with Crippen LogP contribution >= 0.6 is 0 Å². The van der Waals surface area contributed by atoms with E-state index in [2.05, 4.69) is 10.6 Å². The van der Waals surface area contributed by atoms with Gasteiger partial charge in [0.2, 0.25) is 5.91 Å². The third-order valence-corrected chi connectivity index (χ3v) is 2.76. The minimum absolute atomic E-state index is 0.225. The van der Waals surface area contributed by atoms with E-state index in [-0.39, 0.29) is 11.9 Å². The Hall–Kier alpha value is -1.10. The maximum atomic E-state index is 10.6. The largest absolute Gasteiger partial charge is 0.480 e. The average Bonchev–Trinajstić information content (AvgIpc) is 2.69. The molecular formula is C11H20N2O3. The molecule has 0 unspecified atom stereocenters. The number of rotatable bonds is 1. The fourth-order valence-electron chi connectivity index (χ4n) is 1.80. The second-order valence-electron chi connectivity index (χ2n) is 4.15. The highest BCUT2D eigenvalue weighted by atomic mass is 16.4. The van der Waals surface area contributed by atoms with Crippen LogP contribution in [0.2, 0.25) is 0 Å². The van der Waals surface area contributed by atoms with Crippen LogP contribution in [0.25, 0.3) is 0 Å². The van der Waals surface area contributed by atoms with E-state index in [4.69, 9.17) is 5.11 Å². The van der Waals surface area contributed by atoms with E-state index >= 15 is 0 Å². The highest BCUT2D eigenvalue weighted by Gasteiger charge is 2.20. The van der Waals surface area contributed by atoms with Gasteiger partial charge < -0.3 is 15.7 Å². The van der Waals surface area contributed by atoms with Gasteiger partial charge >= 0.3 is 5.97 Å². The molecule has 2 heterocycles. The molecule has 0 bridgehead atoms. The third kappa shape index (κ3) is 5.11. The molecule has 0 aromatic heterocycles. The molecule has 92 valence electrons. The van der Waals surface area contributed by atoms with Crippen LogP contribution in [-0.4, -0.2) is 36.1 Å². The molecule has 0 radical (unpaired) electrons. The van der Waals surface area contributed by atoms with Crippen LogP contribution in [-0.2, 0) is 9.59 Å². The lowest BCUT2D eigenvalue weighted by atomic mass is 10.2. The van der Waals surface area contributed by atoms with Crippen molar-refractivity contribution in [3.63, 3.8) is 0 Å². The number of carbonyl (C=O) groups is 2. The molecule has 16 heavy (non-hydrogen) atoms. The lowest BCUT2D eigenvalue weighted by Crippen LogP contribution is -2.29. The zero-order valence-electron chi connectivity index (χ0n) is 9.50. The molecule has 5 nitrogen and oxygen atoms in total. The summed E-state index contributed by atoms with van der Waals surface area (Å²) in [6.07, 6.45) is 5.96. The summed E-state index contributed by atoms with van der Waals surface area (Å²) in [6, 6.07) is -0.269. The topological polar surface area (TPSA) is 78.4 Å². The lowest BCUT2D eigenvalue weighted by molar-refractivity contribution is -0.139. The molecule has 2 aliphatic rings. The molecule has 2 rings (SSSR count). The molecule has 0 spiro atoms. The lowest BCUT2D eigenvalue weighted by Gasteiger charge is -1.99. The molecule has 0 aromatic carbocycles. The van der Waals surface area contributed by atoms with Crippen molar-refractivity contribution >= 4 is 11.9 Å². The molecule has 0 saturated carbocycles. The molecule has 5 heteroatoms. The van der Waals surface area contributed by atoms with Gasteiger partial charge in [-0.3, -0.25) is 9.59 Å². The molecule has 1 atom stereocenters. The number of nitrogens with one attached hydrogen (secondary N) is 2. The van der Waals surface area contributed by atoms with E-state index in [9.17, 15) is 9.59 Å². The summed E-state index contributed by atoms with van der Waals surface area (Å²) in [5.74, 6) is -0.495. The van der Waals surface area contributed by atoms with Crippen molar-refractivity contribution in [2.75, 3.05) is 13.1 Å². The Morgan fingerprint density at radius 1 is 1.19 bits per heavy atom. The maximum absolute atomic E-state index is 10.6. The van der Waals surface area contributed by atoms with E-state index < -0.39 is 5.97 Å². The van der Waals surface area contributed by atoms with Crippen LogP contribution in [0, 0.1) is 0 Å². The van der Waals surface area contributed by atoms with E-state index in [0.717, 1.165) is 45.2 Å². The van der Waals surface area contributed by atoms with Crippen molar-refractivity contribution < 1.29 is 14.7 Å². The van der Waals surface area contributed by atoms with E-state index in [0.29, 0.717) is 0 Å². The van der Waals surface area contributed by atoms with Gasteiger partial charge in [0.1, 0.15) is 6.04 Å². The quantitative estimate of drug-likeness (QED) is 0.610. The van der Waals surface area contributed by atoms with Crippen molar-refractivity contribution in [2.24, 2.45) is 0 Å². The number of aliphatic carboxylic acids is 1. The minimum atomic E-state index is -0.720. The second-order valence-corrected chi connectivity index (χ2v) is 4.15. The third-order valence-electron chi connectivity index (χ3n) is 2.76. The molecule has 2 saturated heterocycles. The Morgan fingerprint density at radius 2 is 2.00 bits per heavy atom. The van der Waals surface area contributed by atoms with Crippen LogP contribution in [0.5, 0.6) is 0 Å². The summed E-state index contributed by atoms with van der Waals surface area (Å²) in [5, 5.41) is 14.0. The first-order chi connectivity index (χ1) is 7.70. The standard InChI is InChI=1S/C6H11NO.C5H9NO2/c8-6-4-2-1-3-5-7-6;7-5(8)4-2-1-3-6-4/h1-5H2,(H,7,8);4,6H,1-3H2,(H,7,8)/t;4-/m.0/s1. The smallest absolute Gasteiger partial charge is 0.320 e. The summed E-state index contributed by atoms with van der Waals surface area (Å²) < 4.78 is 0. The van der Waals surface area contributed by atoms with Crippen LogP contribution < -0.4 is 10.6 Å². The Kier molecular flexibility index (Phi) is 5.85. The number of carboxylic acid groups (broad SMARTS) is 1. The Morgan fingerprint density at radius 3 is 2.56 bits per heavy atom. The molecule has 2 aliphatic heterocycles. The SMILES string of the molecule is O=C(O)[C@@H]1CCCN1.O=C1CCCCCN1. The van der Waals surface area contributed by atoms with Gasteiger partial charge in [0, 0.05) is 13.0 Å². The van der Waals surface area contributed by atoms with Crippen molar-refractivity contribution in [1.29, 1.82) is 0 Å². The van der Waals surface area contributed by atoms with Crippen LogP contribution in [0.3, 0.4) is 0 Å². The zero-order valence-corrected chi connectivity index (χ0v) is 9.50. The van der Waals surface area contributed by atoms with Crippen molar-refractivity contribution in [1.82, 2.24) is 10.6 Å². The molecular weight excluding hydrogens is 208 g/mol. The van der Waals surface area contributed by atoms with Gasteiger partial charge in [-0.05, 0) is 32.2 Å². The fraction of sp³-hybridized carbons (Fsp3) is 0.818. The molecule has 1 amide bonds. The highest BCUT2D eigenvalue weighted by Crippen LogP contribution is 2.03. The summed E-state index contributed by atoms with van der Waals surface area (Å²) in [7, 11) is 0. The summed E-state index contributed by atoms with van der Waals surface area (Å²) >= 11 is 0. The van der Waals surface area contributed by atoms with Gasteiger partial charge in [-0.2, -0.15) is 0 Å². The van der Waals surface area contributed by atoms with Gasteiger partial charge in [0.05, 0.1) is 0 Å². The summed E-state index contributed by atoms with van der Waals surface area (Å²) in [4.78, 5) is 20.7. The fourth-order valence-corrected chi connectivity index (χ4v) is 1.80. The van der Waals surface area contributed by atoms with Crippen molar-refractivity contribution in [3.8, 4) is 0 Å². The number of amides is 1. The van der Waals surface area contributed by atoms with Crippen LogP contribution in [0.15, 0.2) is 0 Å². The first kappa shape index (κ1) is 13.0. The molecule has 2 fully saturated rings. The number of hydrogen-bond donors (Lipinski definition) is 3. The van der Waals surface area contributed by atoms with Gasteiger partial charge in [-0.25, -0.2) is 0 Å². The predicted octanol–water partition coefficient (Wildman–Crippen LogP) is 0.500. The van der Waals surface area contributed by atoms with Gasteiger partial charge in [-0.1, -0.05) is 6.42 Å². The average molecular weight is 228 g/mol. The Bertz CT molecular complexity index is 225. The summed E-state index contributed by atoms with van der Waals surface area (Å²) in [6.45, 7) is 1.75.